The molecule has 0 aliphatic carbocycles. The standard InChI is InChI=1S/C21H29N3O2/c1-15-6-7-19-17(12-15)18(13-16(2)22-19)20(25)24-10-5-8-21(26,9-11-24)14-23(3)4/h6-7,12-13,26H,5,8-11,14H2,1-4H3. The van der Waals surface area contributed by atoms with Crippen LogP contribution in [0.2, 0.25) is 0 Å². The fraction of sp³-hybridized carbons (Fsp3) is 0.524. The lowest BCUT2D eigenvalue weighted by Crippen LogP contribution is -2.41. The number of fused-ring (bicyclic) bond motifs is 1. The van der Waals surface area contributed by atoms with Crippen LogP contribution in [-0.4, -0.2) is 65.1 Å². The van der Waals surface area contributed by atoms with E-state index < -0.39 is 5.60 Å². The molecule has 0 spiro atoms. The number of aryl methyl sites for hydroxylation is 2. The number of carbonyl (C=O) groups excluding carboxylic acids is 1. The lowest BCUT2D eigenvalue weighted by molar-refractivity contribution is 0.00305. The highest BCUT2D eigenvalue weighted by Gasteiger charge is 2.32. The summed E-state index contributed by atoms with van der Waals surface area (Å²) in [6, 6.07) is 7.93. The van der Waals surface area contributed by atoms with Crippen LogP contribution in [0.1, 0.15) is 40.9 Å². The van der Waals surface area contributed by atoms with Crippen molar-refractivity contribution in [3.05, 3.63) is 41.1 Å². The lowest BCUT2D eigenvalue weighted by atomic mass is 9.94. The molecular weight excluding hydrogens is 326 g/mol. The maximum absolute atomic E-state index is 13.3. The van der Waals surface area contributed by atoms with Gasteiger partial charge in [-0.2, -0.15) is 0 Å². The van der Waals surface area contributed by atoms with E-state index >= 15 is 0 Å². The van der Waals surface area contributed by atoms with Gasteiger partial charge >= 0.3 is 0 Å². The van der Waals surface area contributed by atoms with Crippen molar-refractivity contribution in [3.8, 4) is 0 Å². The first-order valence-electron chi connectivity index (χ1n) is 9.32. The molecule has 1 saturated heterocycles. The topological polar surface area (TPSA) is 56.7 Å². The first-order chi connectivity index (χ1) is 12.3. The van der Waals surface area contributed by atoms with Crippen LogP contribution in [0.25, 0.3) is 10.9 Å². The van der Waals surface area contributed by atoms with Crippen LogP contribution in [0, 0.1) is 13.8 Å². The largest absolute Gasteiger partial charge is 0.388 e. The van der Waals surface area contributed by atoms with Crippen LogP contribution in [0.4, 0.5) is 0 Å². The van der Waals surface area contributed by atoms with Crippen molar-refractivity contribution in [2.24, 2.45) is 0 Å². The van der Waals surface area contributed by atoms with Crippen molar-refractivity contribution in [3.63, 3.8) is 0 Å². The summed E-state index contributed by atoms with van der Waals surface area (Å²) in [6.45, 7) is 5.85. The zero-order valence-corrected chi connectivity index (χ0v) is 16.2. The van der Waals surface area contributed by atoms with Crippen molar-refractivity contribution in [1.29, 1.82) is 0 Å². The van der Waals surface area contributed by atoms with Crippen LogP contribution in [-0.2, 0) is 0 Å². The number of benzene rings is 1. The highest BCUT2D eigenvalue weighted by molar-refractivity contribution is 6.06. The van der Waals surface area contributed by atoms with Crippen LogP contribution in [0.5, 0.6) is 0 Å². The van der Waals surface area contributed by atoms with Gasteiger partial charge in [-0.1, -0.05) is 11.6 Å². The van der Waals surface area contributed by atoms with E-state index in [1.807, 2.05) is 62.0 Å². The van der Waals surface area contributed by atoms with E-state index in [2.05, 4.69) is 4.98 Å². The van der Waals surface area contributed by atoms with E-state index in [0.29, 0.717) is 31.6 Å². The first-order valence-corrected chi connectivity index (χ1v) is 9.32. The van der Waals surface area contributed by atoms with E-state index in [-0.39, 0.29) is 5.91 Å². The van der Waals surface area contributed by atoms with E-state index in [1.54, 1.807) is 0 Å². The number of hydrogen-bond acceptors (Lipinski definition) is 4. The third kappa shape index (κ3) is 4.05. The number of rotatable bonds is 3. The van der Waals surface area contributed by atoms with Crippen LogP contribution >= 0.6 is 0 Å². The molecule has 26 heavy (non-hydrogen) atoms. The molecule has 1 aromatic carbocycles. The van der Waals surface area contributed by atoms with Gasteiger partial charge in [-0.05, 0) is 65.4 Å². The Morgan fingerprint density at radius 2 is 2.00 bits per heavy atom. The minimum absolute atomic E-state index is 0.0419. The second kappa shape index (κ2) is 7.33. The number of amides is 1. The maximum Gasteiger partial charge on any atom is 0.254 e. The fourth-order valence-corrected chi connectivity index (χ4v) is 3.95. The smallest absolute Gasteiger partial charge is 0.254 e. The van der Waals surface area contributed by atoms with Gasteiger partial charge in [0.1, 0.15) is 0 Å². The predicted molar refractivity (Wildman–Crippen MR) is 104 cm³/mol. The molecule has 1 atom stereocenters. The molecule has 1 aliphatic heterocycles. The zero-order chi connectivity index (χ0) is 18.9. The molecule has 1 amide bonds. The summed E-state index contributed by atoms with van der Waals surface area (Å²) in [5.74, 6) is 0.0419. The van der Waals surface area contributed by atoms with Gasteiger partial charge < -0.3 is 14.9 Å². The van der Waals surface area contributed by atoms with Crippen molar-refractivity contribution < 1.29 is 9.90 Å². The molecule has 1 aromatic heterocycles. The van der Waals surface area contributed by atoms with Gasteiger partial charge in [0.25, 0.3) is 5.91 Å². The van der Waals surface area contributed by atoms with Gasteiger partial charge in [0.15, 0.2) is 0 Å². The molecule has 0 bridgehead atoms. The molecule has 1 fully saturated rings. The third-order valence-corrected chi connectivity index (χ3v) is 5.14. The van der Waals surface area contributed by atoms with E-state index in [0.717, 1.165) is 35.0 Å². The Balaban J connectivity index is 1.88. The molecule has 5 heteroatoms. The van der Waals surface area contributed by atoms with E-state index in [1.165, 1.54) is 0 Å². The highest BCUT2D eigenvalue weighted by atomic mass is 16.3. The minimum Gasteiger partial charge on any atom is -0.388 e. The molecule has 0 radical (unpaired) electrons. The molecular formula is C21H29N3O2. The van der Waals surface area contributed by atoms with Crippen LogP contribution in [0.3, 0.4) is 0 Å². The highest BCUT2D eigenvalue weighted by Crippen LogP contribution is 2.26. The quantitative estimate of drug-likeness (QED) is 0.920. The molecule has 2 heterocycles. The Morgan fingerprint density at radius 3 is 2.73 bits per heavy atom. The summed E-state index contributed by atoms with van der Waals surface area (Å²) in [5.41, 5.74) is 2.83. The SMILES string of the molecule is Cc1ccc2nc(C)cc(C(=O)N3CCCC(O)(CN(C)C)CC3)c2c1. The summed E-state index contributed by atoms with van der Waals surface area (Å²) < 4.78 is 0. The monoisotopic (exact) mass is 355 g/mol. The summed E-state index contributed by atoms with van der Waals surface area (Å²) in [5, 5.41) is 11.8. The average Bonchev–Trinajstić information content (AvgIpc) is 2.75. The molecule has 5 nitrogen and oxygen atoms in total. The Hall–Kier alpha value is -1.98. The number of hydrogen-bond donors (Lipinski definition) is 1. The molecule has 140 valence electrons. The van der Waals surface area contributed by atoms with Gasteiger partial charge in [0.05, 0.1) is 16.7 Å². The Morgan fingerprint density at radius 1 is 1.23 bits per heavy atom. The molecule has 2 aromatic rings. The number of likely N-dealkylation sites (N-methyl/N-ethyl adjacent to an activating group) is 1. The Bertz CT molecular complexity index is 818. The second-order valence-corrected chi connectivity index (χ2v) is 7.94. The van der Waals surface area contributed by atoms with Gasteiger partial charge in [0, 0.05) is 30.7 Å². The third-order valence-electron chi connectivity index (χ3n) is 5.14. The number of nitrogens with zero attached hydrogens (tertiary/aromatic N) is 3. The number of aliphatic hydroxyl groups is 1. The van der Waals surface area contributed by atoms with Crippen LogP contribution < -0.4 is 0 Å². The van der Waals surface area contributed by atoms with Crippen molar-refractivity contribution >= 4 is 16.8 Å². The number of likely N-dealkylation sites (tertiary alicyclic amines) is 1. The Labute approximate surface area is 155 Å². The summed E-state index contributed by atoms with van der Waals surface area (Å²) >= 11 is 0. The molecule has 3 rings (SSSR count). The summed E-state index contributed by atoms with van der Waals surface area (Å²) in [7, 11) is 3.94. The van der Waals surface area contributed by atoms with Gasteiger partial charge in [-0.25, -0.2) is 0 Å². The van der Waals surface area contributed by atoms with Gasteiger partial charge in [-0.3, -0.25) is 9.78 Å². The van der Waals surface area contributed by atoms with Gasteiger partial charge in [0.2, 0.25) is 0 Å². The number of aromatic nitrogens is 1. The van der Waals surface area contributed by atoms with E-state index in [9.17, 15) is 9.90 Å². The van der Waals surface area contributed by atoms with E-state index in [4.69, 9.17) is 0 Å². The Kier molecular flexibility index (Phi) is 5.30. The predicted octanol–water partition coefficient (Wildman–Crippen LogP) is 2.77. The van der Waals surface area contributed by atoms with Crippen molar-refractivity contribution in [2.45, 2.75) is 38.7 Å². The zero-order valence-electron chi connectivity index (χ0n) is 16.2. The van der Waals surface area contributed by atoms with Gasteiger partial charge in [-0.15, -0.1) is 0 Å². The minimum atomic E-state index is -0.717. The fourth-order valence-electron chi connectivity index (χ4n) is 3.95. The number of pyridine rings is 1. The molecule has 1 unspecified atom stereocenters. The summed E-state index contributed by atoms with van der Waals surface area (Å²) in [4.78, 5) is 21.7. The lowest BCUT2D eigenvalue weighted by Gasteiger charge is -2.30. The van der Waals surface area contributed by atoms with Crippen molar-refractivity contribution in [2.75, 3.05) is 33.7 Å². The maximum atomic E-state index is 13.3. The van der Waals surface area contributed by atoms with Crippen LogP contribution in [0.15, 0.2) is 24.3 Å². The molecule has 1 N–H and O–H groups in total. The average molecular weight is 355 g/mol. The number of carbonyl (C=O) groups is 1. The molecule has 0 saturated carbocycles. The normalized spacial score (nSPS) is 21.2. The second-order valence-electron chi connectivity index (χ2n) is 7.94. The first kappa shape index (κ1) is 18.8. The summed E-state index contributed by atoms with van der Waals surface area (Å²) in [6.07, 6.45) is 2.15. The molecule has 1 aliphatic rings. The van der Waals surface area contributed by atoms with Crippen molar-refractivity contribution in [1.82, 2.24) is 14.8 Å².